The van der Waals surface area contributed by atoms with E-state index >= 15 is 0 Å². The third kappa shape index (κ3) is 8.24. The van der Waals surface area contributed by atoms with E-state index in [9.17, 15) is 9.59 Å². The van der Waals surface area contributed by atoms with E-state index in [-0.39, 0.29) is 24.3 Å². The highest BCUT2D eigenvalue weighted by Gasteiger charge is 2.26. The number of nitrogens with zero attached hydrogens (tertiary/aromatic N) is 1. The summed E-state index contributed by atoms with van der Waals surface area (Å²) in [5, 5.41) is 3.62. The summed E-state index contributed by atoms with van der Waals surface area (Å²) < 4.78 is 11.3. The lowest BCUT2D eigenvalue weighted by atomic mass is 10.1. The molecule has 0 saturated heterocycles. The number of hydrogen-bond donors (Lipinski definition) is 1. The molecule has 2 rings (SSSR count). The summed E-state index contributed by atoms with van der Waals surface area (Å²) in [6.45, 7) is 11.0. The molecular formula is C27H37ClN2O4. The zero-order chi connectivity index (χ0) is 25.1. The summed E-state index contributed by atoms with van der Waals surface area (Å²) in [5.74, 6) is 1.12. The number of hydrogen-bond acceptors (Lipinski definition) is 4. The van der Waals surface area contributed by atoms with Gasteiger partial charge in [0.15, 0.2) is 11.5 Å². The molecule has 0 aliphatic carbocycles. The predicted molar refractivity (Wildman–Crippen MR) is 136 cm³/mol. The molecule has 0 radical (unpaired) electrons. The molecule has 2 atom stereocenters. The molecule has 0 fully saturated rings. The van der Waals surface area contributed by atoms with E-state index in [4.69, 9.17) is 21.1 Å². The molecule has 0 unspecified atom stereocenters. The Hall–Kier alpha value is -2.73. The largest absolute Gasteiger partial charge is 0.490 e. The third-order valence-electron chi connectivity index (χ3n) is 5.67. The Bertz CT molecular complexity index is 933. The first-order valence-electron chi connectivity index (χ1n) is 12.0. The standard InChI is InChI=1S/C27H37ClN2O4/c1-6-19(4)29-27(32)20(5)30(18-22-9-13-23(28)14-10-22)26(31)16-12-21-11-15-24(33-7-2)25(17-21)34-8-3/h9-11,13-15,17,19-20H,6-8,12,16,18H2,1-5H3,(H,29,32)/t19-,20-/m0/s1. The average molecular weight is 489 g/mol. The molecular weight excluding hydrogens is 452 g/mol. The first-order valence-corrected chi connectivity index (χ1v) is 12.4. The van der Waals surface area contributed by atoms with Crippen molar-refractivity contribution in [1.82, 2.24) is 10.2 Å². The highest BCUT2D eigenvalue weighted by Crippen LogP contribution is 2.29. The van der Waals surface area contributed by atoms with E-state index in [1.54, 1.807) is 24.0 Å². The van der Waals surface area contributed by atoms with E-state index in [1.807, 2.05) is 58.0 Å². The highest BCUT2D eigenvalue weighted by molar-refractivity contribution is 6.30. The lowest BCUT2D eigenvalue weighted by Crippen LogP contribution is -2.49. The minimum atomic E-state index is -0.600. The summed E-state index contributed by atoms with van der Waals surface area (Å²) >= 11 is 6.02. The van der Waals surface area contributed by atoms with Crippen LogP contribution >= 0.6 is 11.6 Å². The molecule has 34 heavy (non-hydrogen) atoms. The number of amides is 2. The van der Waals surface area contributed by atoms with Crippen molar-refractivity contribution in [3.8, 4) is 11.5 Å². The fourth-order valence-electron chi connectivity index (χ4n) is 3.48. The fraction of sp³-hybridized carbons (Fsp3) is 0.481. The van der Waals surface area contributed by atoms with Gasteiger partial charge in [0.1, 0.15) is 6.04 Å². The summed E-state index contributed by atoms with van der Waals surface area (Å²) in [4.78, 5) is 27.8. The van der Waals surface area contributed by atoms with Crippen molar-refractivity contribution in [3.05, 3.63) is 58.6 Å². The zero-order valence-electron chi connectivity index (χ0n) is 20.9. The molecule has 7 heteroatoms. The SMILES string of the molecule is CCOc1ccc(CCC(=O)N(Cc2ccc(Cl)cc2)[C@@H](C)C(=O)N[C@@H](C)CC)cc1OCC. The van der Waals surface area contributed by atoms with E-state index in [0.717, 1.165) is 17.5 Å². The molecule has 0 aromatic heterocycles. The Morgan fingerprint density at radius 3 is 2.18 bits per heavy atom. The van der Waals surface area contributed by atoms with E-state index < -0.39 is 6.04 Å². The molecule has 0 spiro atoms. The fourth-order valence-corrected chi connectivity index (χ4v) is 3.61. The number of aryl methyl sites for hydroxylation is 1. The lowest BCUT2D eigenvalue weighted by molar-refractivity contribution is -0.140. The van der Waals surface area contributed by atoms with Crippen molar-refractivity contribution in [2.45, 2.75) is 72.5 Å². The van der Waals surface area contributed by atoms with Crippen LogP contribution in [0, 0.1) is 0 Å². The van der Waals surface area contributed by atoms with Crippen LogP contribution in [-0.2, 0) is 22.6 Å². The summed E-state index contributed by atoms with van der Waals surface area (Å²) in [5.41, 5.74) is 1.89. The van der Waals surface area contributed by atoms with Gasteiger partial charge in [0.25, 0.3) is 0 Å². The molecule has 0 aliphatic heterocycles. The molecule has 2 aromatic carbocycles. The highest BCUT2D eigenvalue weighted by atomic mass is 35.5. The molecule has 2 amide bonds. The Kier molecular flexibility index (Phi) is 11.2. The molecule has 0 bridgehead atoms. The molecule has 2 aromatic rings. The number of carbonyl (C=O) groups excluding carboxylic acids is 2. The number of carbonyl (C=O) groups is 2. The number of rotatable bonds is 13. The quantitative estimate of drug-likeness (QED) is 0.409. The Balaban J connectivity index is 2.17. The van der Waals surface area contributed by atoms with E-state index in [2.05, 4.69) is 5.32 Å². The van der Waals surface area contributed by atoms with Gasteiger partial charge in [-0.2, -0.15) is 0 Å². The van der Waals surface area contributed by atoms with Crippen molar-refractivity contribution in [1.29, 1.82) is 0 Å². The number of halogens is 1. The van der Waals surface area contributed by atoms with Gasteiger partial charge < -0.3 is 19.7 Å². The summed E-state index contributed by atoms with van der Waals surface area (Å²) in [6, 6.07) is 12.5. The maximum atomic E-state index is 13.3. The van der Waals surface area contributed by atoms with E-state index in [1.165, 1.54) is 0 Å². The van der Waals surface area contributed by atoms with Crippen molar-refractivity contribution < 1.29 is 19.1 Å². The predicted octanol–water partition coefficient (Wildman–Crippen LogP) is 5.40. The first kappa shape index (κ1) is 27.5. The second-order valence-electron chi connectivity index (χ2n) is 8.29. The third-order valence-corrected chi connectivity index (χ3v) is 5.92. The Labute approximate surface area is 208 Å². The van der Waals surface area contributed by atoms with Gasteiger partial charge in [-0.05, 0) is 75.9 Å². The Morgan fingerprint density at radius 1 is 0.941 bits per heavy atom. The second-order valence-corrected chi connectivity index (χ2v) is 8.73. The Morgan fingerprint density at radius 2 is 1.56 bits per heavy atom. The number of ether oxygens (including phenoxy) is 2. The summed E-state index contributed by atoms with van der Waals surface area (Å²) in [6.07, 6.45) is 1.62. The van der Waals surface area contributed by atoms with Crippen molar-refractivity contribution in [2.75, 3.05) is 13.2 Å². The molecule has 0 saturated carbocycles. The van der Waals surface area contributed by atoms with Gasteiger partial charge in [0.05, 0.1) is 13.2 Å². The summed E-state index contributed by atoms with van der Waals surface area (Å²) in [7, 11) is 0. The van der Waals surface area contributed by atoms with Crippen LogP contribution in [0.1, 0.15) is 58.6 Å². The number of nitrogens with one attached hydrogen (secondary N) is 1. The molecule has 1 N–H and O–H groups in total. The maximum Gasteiger partial charge on any atom is 0.242 e. The molecule has 0 aliphatic rings. The van der Waals surface area contributed by atoms with Gasteiger partial charge in [-0.3, -0.25) is 9.59 Å². The minimum Gasteiger partial charge on any atom is -0.490 e. The molecule has 6 nitrogen and oxygen atoms in total. The minimum absolute atomic E-state index is 0.0447. The molecule has 186 valence electrons. The van der Waals surface area contributed by atoms with Gasteiger partial charge in [0.2, 0.25) is 11.8 Å². The van der Waals surface area contributed by atoms with Gasteiger partial charge in [-0.15, -0.1) is 0 Å². The van der Waals surface area contributed by atoms with Gasteiger partial charge in [-0.25, -0.2) is 0 Å². The van der Waals surface area contributed by atoms with Crippen LogP contribution < -0.4 is 14.8 Å². The van der Waals surface area contributed by atoms with Crippen LogP contribution in [0.3, 0.4) is 0 Å². The van der Waals surface area contributed by atoms with Crippen LogP contribution in [0.5, 0.6) is 11.5 Å². The zero-order valence-corrected chi connectivity index (χ0v) is 21.7. The topological polar surface area (TPSA) is 67.9 Å². The number of benzene rings is 2. The van der Waals surface area contributed by atoms with Crippen LogP contribution in [0.2, 0.25) is 5.02 Å². The first-order chi connectivity index (χ1) is 16.3. The van der Waals surface area contributed by atoms with Crippen molar-refractivity contribution >= 4 is 23.4 Å². The molecule has 0 heterocycles. The van der Waals surface area contributed by atoms with Gasteiger partial charge in [-0.1, -0.05) is 36.7 Å². The van der Waals surface area contributed by atoms with Crippen LogP contribution in [0.15, 0.2) is 42.5 Å². The second kappa shape index (κ2) is 13.9. The van der Waals surface area contributed by atoms with Crippen LogP contribution in [0.25, 0.3) is 0 Å². The average Bonchev–Trinajstić information content (AvgIpc) is 2.83. The lowest BCUT2D eigenvalue weighted by Gasteiger charge is -2.30. The van der Waals surface area contributed by atoms with Crippen molar-refractivity contribution in [3.63, 3.8) is 0 Å². The van der Waals surface area contributed by atoms with Gasteiger partial charge in [0, 0.05) is 24.0 Å². The monoisotopic (exact) mass is 488 g/mol. The van der Waals surface area contributed by atoms with Crippen molar-refractivity contribution in [2.24, 2.45) is 0 Å². The normalized spacial score (nSPS) is 12.5. The maximum absolute atomic E-state index is 13.3. The van der Waals surface area contributed by atoms with Crippen LogP contribution in [0.4, 0.5) is 0 Å². The van der Waals surface area contributed by atoms with E-state index in [0.29, 0.717) is 42.7 Å². The smallest absolute Gasteiger partial charge is 0.242 e. The van der Waals surface area contributed by atoms with Crippen LogP contribution in [-0.4, -0.2) is 42.0 Å². The van der Waals surface area contributed by atoms with Gasteiger partial charge >= 0.3 is 0 Å².